The molecule has 0 atom stereocenters. The summed E-state index contributed by atoms with van der Waals surface area (Å²) in [6.45, 7) is 4.06. The van der Waals surface area contributed by atoms with E-state index in [0.29, 0.717) is 11.4 Å². The van der Waals surface area contributed by atoms with Gasteiger partial charge >= 0.3 is 5.97 Å². The van der Waals surface area contributed by atoms with Crippen molar-refractivity contribution >= 4 is 11.7 Å². The molecule has 1 aromatic carbocycles. The zero-order valence-electron chi connectivity index (χ0n) is 11.4. The second-order valence-corrected chi connectivity index (χ2v) is 4.68. The molecule has 1 aromatic heterocycles. The lowest BCUT2D eigenvalue weighted by molar-refractivity contribution is 0.0587. The van der Waals surface area contributed by atoms with Crippen molar-refractivity contribution in [3.63, 3.8) is 0 Å². The number of nitrogens with two attached hydrogens (primary N) is 1. The Kier molecular flexibility index (Phi) is 3.60. The highest BCUT2D eigenvalue weighted by Crippen LogP contribution is 2.27. The standard InChI is InChI=1S/C15H18N2O2/c1-10(2)17-13(7-8-14(17)15(18)19-3)11-5-4-6-12(16)9-11/h4-10H,16H2,1-3H3. The molecule has 2 N–H and O–H groups in total. The number of methoxy groups -OCH3 is 1. The Hall–Kier alpha value is -2.23. The van der Waals surface area contributed by atoms with Crippen molar-refractivity contribution in [1.29, 1.82) is 0 Å². The van der Waals surface area contributed by atoms with Crippen molar-refractivity contribution in [3.05, 3.63) is 42.1 Å². The Morgan fingerprint density at radius 3 is 2.58 bits per heavy atom. The van der Waals surface area contributed by atoms with Gasteiger partial charge in [-0.2, -0.15) is 0 Å². The summed E-state index contributed by atoms with van der Waals surface area (Å²) in [6.07, 6.45) is 0. The van der Waals surface area contributed by atoms with Crippen molar-refractivity contribution in [2.75, 3.05) is 12.8 Å². The second-order valence-electron chi connectivity index (χ2n) is 4.68. The number of carbonyl (C=O) groups is 1. The van der Waals surface area contributed by atoms with Gasteiger partial charge in [-0.25, -0.2) is 4.79 Å². The fraction of sp³-hybridized carbons (Fsp3) is 0.267. The first-order valence-electron chi connectivity index (χ1n) is 6.20. The van der Waals surface area contributed by atoms with Gasteiger partial charge in [0, 0.05) is 23.0 Å². The van der Waals surface area contributed by atoms with Crippen LogP contribution in [0, 0.1) is 0 Å². The van der Waals surface area contributed by atoms with Gasteiger partial charge in [-0.05, 0) is 38.1 Å². The average molecular weight is 258 g/mol. The lowest BCUT2D eigenvalue weighted by Crippen LogP contribution is -2.13. The summed E-state index contributed by atoms with van der Waals surface area (Å²) in [4.78, 5) is 11.8. The van der Waals surface area contributed by atoms with Crippen LogP contribution in [0.15, 0.2) is 36.4 Å². The number of hydrogen-bond acceptors (Lipinski definition) is 3. The van der Waals surface area contributed by atoms with Gasteiger partial charge in [0.15, 0.2) is 0 Å². The van der Waals surface area contributed by atoms with Crippen molar-refractivity contribution in [2.45, 2.75) is 19.9 Å². The van der Waals surface area contributed by atoms with Gasteiger partial charge in [-0.1, -0.05) is 12.1 Å². The molecule has 2 aromatic rings. The number of ether oxygens (including phenoxy) is 1. The predicted octanol–water partition coefficient (Wildman–Crippen LogP) is 3.10. The van der Waals surface area contributed by atoms with E-state index in [1.54, 1.807) is 6.07 Å². The average Bonchev–Trinajstić information content (AvgIpc) is 2.82. The molecule has 0 aliphatic rings. The normalized spacial score (nSPS) is 10.7. The van der Waals surface area contributed by atoms with E-state index in [1.165, 1.54) is 7.11 Å². The molecule has 0 unspecified atom stereocenters. The van der Waals surface area contributed by atoms with Gasteiger partial charge in [0.2, 0.25) is 0 Å². The van der Waals surface area contributed by atoms with Crippen LogP contribution < -0.4 is 5.73 Å². The van der Waals surface area contributed by atoms with Crippen molar-refractivity contribution in [3.8, 4) is 11.3 Å². The molecule has 1 heterocycles. The van der Waals surface area contributed by atoms with E-state index >= 15 is 0 Å². The van der Waals surface area contributed by atoms with E-state index in [2.05, 4.69) is 0 Å². The number of hydrogen-bond donors (Lipinski definition) is 1. The molecule has 0 aliphatic carbocycles. The molecule has 0 bridgehead atoms. The minimum Gasteiger partial charge on any atom is -0.464 e. The lowest BCUT2D eigenvalue weighted by Gasteiger charge is -2.16. The summed E-state index contributed by atoms with van der Waals surface area (Å²) in [7, 11) is 1.39. The first kappa shape index (κ1) is 13.2. The smallest absolute Gasteiger partial charge is 0.354 e. The Labute approximate surface area is 112 Å². The third-order valence-electron chi connectivity index (χ3n) is 3.01. The van der Waals surface area contributed by atoms with E-state index in [0.717, 1.165) is 11.3 Å². The highest BCUT2D eigenvalue weighted by Gasteiger charge is 2.18. The summed E-state index contributed by atoms with van der Waals surface area (Å²) in [5.41, 5.74) is 9.02. The third kappa shape index (κ3) is 2.47. The molecule has 19 heavy (non-hydrogen) atoms. The molecule has 4 heteroatoms. The van der Waals surface area contributed by atoms with E-state index in [4.69, 9.17) is 10.5 Å². The van der Waals surface area contributed by atoms with Crippen LogP contribution in [-0.4, -0.2) is 17.6 Å². The van der Waals surface area contributed by atoms with Crippen LogP contribution in [0.4, 0.5) is 5.69 Å². The Bertz CT molecular complexity index is 600. The topological polar surface area (TPSA) is 57.2 Å². The molecule has 0 radical (unpaired) electrons. The zero-order valence-corrected chi connectivity index (χ0v) is 11.4. The maximum Gasteiger partial charge on any atom is 0.354 e. The number of benzene rings is 1. The molecule has 0 saturated carbocycles. The zero-order chi connectivity index (χ0) is 14.0. The molecule has 0 spiro atoms. The summed E-state index contributed by atoms with van der Waals surface area (Å²) < 4.78 is 6.77. The Balaban J connectivity index is 2.58. The molecule has 100 valence electrons. The highest BCUT2D eigenvalue weighted by atomic mass is 16.5. The molecule has 0 amide bonds. The summed E-state index contributed by atoms with van der Waals surface area (Å²) in [5, 5.41) is 0. The maximum absolute atomic E-state index is 11.8. The first-order chi connectivity index (χ1) is 9.04. The molecule has 0 aliphatic heterocycles. The van der Waals surface area contributed by atoms with Crippen LogP contribution in [0.2, 0.25) is 0 Å². The maximum atomic E-state index is 11.8. The van der Waals surface area contributed by atoms with E-state index < -0.39 is 0 Å². The SMILES string of the molecule is COC(=O)c1ccc(-c2cccc(N)c2)n1C(C)C. The van der Waals surface area contributed by atoms with Crippen LogP contribution in [0.3, 0.4) is 0 Å². The van der Waals surface area contributed by atoms with Crippen LogP contribution in [0.5, 0.6) is 0 Å². The van der Waals surface area contributed by atoms with Crippen LogP contribution in [0.1, 0.15) is 30.4 Å². The largest absolute Gasteiger partial charge is 0.464 e. The second kappa shape index (κ2) is 5.18. The minimum absolute atomic E-state index is 0.153. The van der Waals surface area contributed by atoms with Crippen molar-refractivity contribution in [1.82, 2.24) is 4.57 Å². The number of nitrogen functional groups attached to an aromatic ring is 1. The summed E-state index contributed by atoms with van der Waals surface area (Å²) in [6, 6.07) is 11.5. The quantitative estimate of drug-likeness (QED) is 0.679. The first-order valence-corrected chi connectivity index (χ1v) is 6.20. The van der Waals surface area contributed by atoms with Crippen LogP contribution in [-0.2, 0) is 4.74 Å². The van der Waals surface area contributed by atoms with Gasteiger partial charge in [0.25, 0.3) is 0 Å². The Morgan fingerprint density at radius 2 is 2.00 bits per heavy atom. The van der Waals surface area contributed by atoms with Gasteiger partial charge in [-0.3, -0.25) is 0 Å². The van der Waals surface area contributed by atoms with Crippen molar-refractivity contribution < 1.29 is 9.53 Å². The van der Waals surface area contributed by atoms with Gasteiger partial charge in [0.05, 0.1) is 7.11 Å². The van der Waals surface area contributed by atoms with Gasteiger partial charge in [0.1, 0.15) is 5.69 Å². The number of carbonyl (C=O) groups excluding carboxylic acids is 1. The van der Waals surface area contributed by atoms with Crippen LogP contribution in [0.25, 0.3) is 11.3 Å². The Morgan fingerprint density at radius 1 is 1.26 bits per heavy atom. The molecule has 0 saturated heterocycles. The number of nitrogens with zero attached hydrogens (tertiary/aromatic N) is 1. The molecule has 4 nitrogen and oxygen atoms in total. The minimum atomic E-state index is -0.330. The molecule has 2 rings (SSSR count). The lowest BCUT2D eigenvalue weighted by atomic mass is 10.1. The number of anilines is 1. The summed E-state index contributed by atoms with van der Waals surface area (Å²) in [5.74, 6) is -0.330. The van der Waals surface area contributed by atoms with E-state index in [-0.39, 0.29) is 12.0 Å². The van der Waals surface area contributed by atoms with E-state index in [1.807, 2.05) is 48.7 Å². The molecular weight excluding hydrogens is 240 g/mol. The monoisotopic (exact) mass is 258 g/mol. The highest BCUT2D eigenvalue weighted by molar-refractivity contribution is 5.89. The van der Waals surface area contributed by atoms with Crippen molar-refractivity contribution in [2.24, 2.45) is 0 Å². The molecule has 0 fully saturated rings. The number of rotatable bonds is 3. The van der Waals surface area contributed by atoms with Crippen LogP contribution >= 0.6 is 0 Å². The van der Waals surface area contributed by atoms with Gasteiger partial charge in [-0.15, -0.1) is 0 Å². The van der Waals surface area contributed by atoms with E-state index in [9.17, 15) is 4.79 Å². The predicted molar refractivity (Wildman–Crippen MR) is 76.0 cm³/mol. The fourth-order valence-corrected chi connectivity index (χ4v) is 2.21. The number of aromatic nitrogens is 1. The van der Waals surface area contributed by atoms with Gasteiger partial charge < -0.3 is 15.0 Å². The summed E-state index contributed by atoms with van der Waals surface area (Å²) >= 11 is 0. The third-order valence-corrected chi connectivity index (χ3v) is 3.01. The fourth-order valence-electron chi connectivity index (χ4n) is 2.21. The molecular formula is C15H18N2O2. The number of esters is 1.